The molecule has 0 bridgehead atoms. The zero-order chi connectivity index (χ0) is 15.6. The van der Waals surface area contributed by atoms with Crippen LogP contribution in [0.3, 0.4) is 0 Å². The van der Waals surface area contributed by atoms with Crippen molar-refractivity contribution in [2.45, 2.75) is 59.0 Å². The van der Waals surface area contributed by atoms with Crippen molar-refractivity contribution in [3.63, 3.8) is 0 Å². The van der Waals surface area contributed by atoms with Crippen molar-refractivity contribution in [2.24, 2.45) is 5.41 Å². The van der Waals surface area contributed by atoms with E-state index < -0.39 is 0 Å². The van der Waals surface area contributed by atoms with E-state index >= 15 is 0 Å². The summed E-state index contributed by atoms with van der Waals surface area (Å²) in [6.07, 6.45) is 3.40. The molecule has 0 saturated heterocycles. The Bertz CT molecular complexity index is 495. The van der Waals surface area contributed by atoms with Crippen LogP contribution in [-0.2, 0) is 4.74 Å². The molecule has 0 aliphatic heterocycles. The topological polar surface area (TPSA) is 47.0 Å². The van der Waals surface area contributed by atoms with Gasteiger partial charge in [0.2, 0.25) is 0 Å². The average Bonchev–Trinajstić information content (AvgIpc) is 3.22. The highest BCUT2D eigenvalue weighted by Crippen LogP contribution is 2.45. The fourth-order valence-electron chi connectivity index (χ4n) is 2.43. The van der Waals surface area contributed by atoms with Gasteiger partial charge in [0.1, 0.15) is 11.9 Å². The van der Waals surface area contributed by atoms with E-state index in [1.807, 2.05) is 0 Å². The second-order valence-electron chi connectivity index (χ2n) is 6.81. The number of halogens is 1. The Kier molecular flexibility index (Phi) is 5.25. The molecule has 5 heteroatoms. The summed E-state index contributed by atoms with van der Waals surface area (Å²) in [7, 11) is 1.73. The smallest absolute Gasteiger partial charge is 0.160 e. The van der Waals surface area contributed by atoms with Crippen LogP contribution in [0.4, 0.5) is 5.82 Å². The quantitative estimate of drug-likeness (QED) is 0.805. The summed E-state index contributed by atoms with van der Waals surface area (Å²) in [5.41, 5.74) is 1.09. The van der Waals surface area contributed by atoms with Crippen LogP contribution in [0.2, 0.25) is 0 Å². The van der Waals surface area contributed by atoms with Gasteiger partial charge in [-0.05, 0) is 40.6 Å². The largest absolute Gasteiger partial charge is 0.373 e. The fourth-order valence-corrected chi connectivity index (χ4v) is 3.07. The lowest BCUT2D eigenvalue weighted by Crippen LogP contribution is -2.23. The first-order chi connectivity index (χ1) is 9.88. The van der Waals surface area contributed by atoms with Gasteiger partial charge >= 0.3 is 0 Å². The summed E-state index contributed by atoms with van der Waals surface area (Å²) in [6.45, 7) is 9.53. The van der Waals surface area contributed by atoms with Gasteiger partial charge in [0.15, 0.2) is 5.82 Å². The Labute approximate surface area is 136 Å². The van der Waals surface area contributed by atoms with Gasteiger partial charge in [-0.2, -0.15) is 0 Å². The molecule has 1 aromatic rings. The molecular formula is C16H26BrN3O. The lowest BCUT2D eigenvalue weighted by molar-refractivity contribution is 0.00858. The number of hydrogen-bond donors (Lipinski definition) is 1. The predicted octanol–water partition coefficient (Wildman–Crippen LogP) is 4.67. The Morgan fingerprint density at radius 3 is 2.48 bits per heavy atom. The van der Waals surface area contributed by atoms with Crippen LogP contribution in [0.25, 0.3) is 0 Å². The number of nitrogens with zero attached hydrogens (tertiary/aromatic N) is 2. The summed E-state index contributed by atoms with van der Waals surface area (Å²) in [4.78, 5) is 9.54. The first-order valence-corrected chi connectivity index (χ1v) is 8.51. The highest BCUT2D eigenvalue weighted by molar-refractivity contribution is 9.10. The van der Waals surface area contributed by atoms with Crippen molar-refractivity contribution < 1.29 is 4.74 Å². The molecule has 118 valence electrons. The van der Waals surface area contributed by atoms with E-state index in [-0.39, 0.29) is 11.5 Å². The van der Waals surface area contributed by atoms with Gasteiger partial charge in [-0.1, -0.05) is 27.7 Å². The van der Waals surface area contributed by atoms with Crippen LogP contribution in [0.1, 0.15) is 70.5 Å². The van der Waals surface area contributed by atoms with Gasteiger partial charge in [0, 0.05) is 19.6 Å². The number of nitrogens with one attached hydrogen (secondary N) is 1. The summed E-state index contributed by atoms with van der Waals surface area (Å²) in [6, 6.07) is 0. The molecule has 1 heterocycles. The molecule has 1 fully saturated rings. The summed E-state index contributed by atoms with van der Waals surface area (Å²) < 4.78 is 6.71. The van der Waals surface area contributed by atoms with E-state index in [1.54, 1.807) is 7.11 Å². The molecule has 1 N–H and O–H groups in total. The van der Waals surface area contributed by atoms with Gasteiger partial charge in [0.25, 0.3) is 0 Å². The molecule has 1 saturated carbocycles. The highest BCUT2D eigenvalue weighted by atomic mass is 79.9. The van der Waals surface area contributed by atoms with Crippen LogP contribution in [-0.4, -0.2) is 23.6 Å². The average molecular weight is 356 g/mol. The number of anilines is 1. The lowest BCUT2D eigenvalue weighted by Gasteiger charge is -2.28. The second kappa shape index (κ2) is 6.61. The zero-order valence-corrected chi connectivity index (χ0v) is 15.2. The molecular weight excluding hydrogens is 330 g/mol. The van der Waals surface area contributed by atoms with Gasteiger partial charge in [0.05, 0.1) is 10.2 Å². The Balaban J connectivity index is 2.42. The van der Waals surface area contributed by atoms with Crippen LogP contribution in [0, 0.1) is 5.41 Å². The van der Waals surface area contributed by atoms with Crippen molar-refractivity contribution in [3.8, 4) is 0 Å². The Hall–Kier alpha value is -0.680. The molecule has 0 spiro atoms. The van der Waals surface area contributed by atoms with Gasteiger partial charge in [-0.3, -0.25) is 0 Å². The number of methoxy groups -OCH3 is 1. The third kappa shape index (κ3) is 3.95. The van der Waals surface area contributed by atoms with Crippen molar-refractivity contribution in [1.29, 1.82) is 0 Å². The third-order valence-corrected chi connectivity index (χ3v) is 4.44. The van der Waals surface area contributed by atoms with E-state index in [2.05, 4.69) is 48.9 Å². The molecule has 2 rings (SSSR count). The van der Waals surface area contributed by atoms with Crippen molar-refractivity contribution >= 4 is 21.7 Å². The first kappa shape index (κ1) is 16.7. The summed E-state index contributed by atoms with van der Waals surface area (Å²) in [5, 5.41) is 3.40. The van der Waals surface area contributed by atoms with Crippen molar-refractivity contribution in [3.05, 3.63) is 16.0 Å². The monoisotopic (exact) mass is 355 g/mol. The summed E-state index contributed by atoms with van der Waals surface area (Å²) >= 11 is 3.68. The normalized spacial score (nSPS) is 16.9. The zero-order valence-electron chi connectivity index (χ0n) is 13.7. The predicted molar refractivity (Wildman–Crippen MR) is 89.7 cm³/mol. The first-order valence-electron chi connectivity index (χ1n) is 7.72. The van der Waals surface area contributed by atoms with Crippen LogP contribution in [0.15, 0.2) is 4.47 Å². The number of ether oxygens (including phenoxy) is 1. The number of hydrogen-bond acceptors (Lipinski definition) is 4. The standard InChI is InChI=1S/C16H26BrN3O/c1-6-9-18-14-11(17)12(10-7-8-10)19-15(20-14)13(21-5)16(2,3)4/h10,13H,6-9H2,1-5H3,(H,18,19,20). The van der Waals surface area contributed by atoms with E-state index in [9.17, 15) is 0 Å². The van der Waals surface area contributed by atoms with Crippen LogP contribution < -0.4 is 5.32 Å². The Morgan fingerprint density at radius 1 is 1.33 bits per heavy atom. The second-order valence-corrected chi connectivity index (χ2v) is 7.61. The van der Waals surface area contributed by atoms with E-state index in [1.165, 1.54) is 12.8 Å². The molecule has 1 aliphatic rings. The van der Waals surface area contributed by atoms with Crippen LogP contribution in [0.5, 0.6) is 0 Å². The van der Waals surface area contributed by atoms with E-state index in [0.717, 1.165) is 34.8 Å². The molecule has 1 aromatic heterocycles. The molecule has 0 amide bonds. The molecule has 21 heavy (non-hydrogen) atoms. The lowest BCUT2D eigenvalue weighted by atomic mass is 9.88. The van der Waals surface area contributed by atoms with Crippen molar-refractivity contribution in [2.75, 3.05) is 19.0 Å². The molecule has 1 unspecified atom stereocenters. The molecule has 0 aromatic carbocycles. The fraction of sp³-hybridized carbons (Fsp3) is 0.750. The van der Waals surface area contributed by atoms with Gasteiger partial charge in [-0.25, -0.2) is 9.97 Å². The number of rotatable bonds is 6. The molecule has 4 nitrogen and oxygen atoms in total. The molecule has 1 atom stereocenters. The van der Waals surface area contributed by atoms with Gasteiger partial charge < -0.3 is 10.1 Å². The maximum Gasteiger partial charge on any atom is 0.160 e. The highest BCUT2D eigenvalue weighted by Gasteiger charge is 2.34. The number of aromatic nitrogens is 2. The molecule has 0 radical (unpaired) electrons. The Morgan fingerprint density at radius 2 is 2.00 bits per heavy atom. The maximum atomic E-state index is 5.69. The SMILES string of the molecule is CCCNc1nc(C(OC)C(C)(C)C)nc(C2CC2)c1Br. The third-order valence-electron chi connectivity index (χ3n) is 3.66. The summed E-state index contributed by atoms with van der Waals surface area (Å²) in [5.74, 6) is 2.25. The van der Waals surface area contributed by atoms with E-state index in [0.29, 0.717) is 5.92 Å². The maximum absolute atomic E-state index is 5.69. The van der Waals surface area contributed by atoms with Crippen molar-refractivity contribution in [1.82, 2.24) is 9.97 Å². The minimum atomic E-state index is -0.106. The molecule has 1 aliphatic carbocycles. The minimum absolute atomic E-state index is 0.0363. The minimum Gasteiger partial charge on any atom is -0.373 e. The van der Waals surface area contributed by atoms with E-state index in [4.69, 9.17) is 14.7 Å². The van der Waals surface area contributed by atoms with Crippen LogP contribution >= 0.6 is 15.9 Å². The van der Waals surface area contributed by atoms with Gasteiger partial charge in [-0.15, -0.1) is 0 Å².